The van der Waals surface area contributed by atoms with E-state index in [9.17, 15) is 14.7 Å². The number of carbonyl (C=O) groups is 2. The Morgan fingerprint density at radius 2 is 1.61 bits per heavy atom. The normalized spacial score (nSPS) is 14.9. The number of pyridine rings is 1. The summed E-state index contributed by atoms with van der Waals surface area (Å²) in [5.41, 5.74) is 0.715. The van der Waals surface area contributed by atoms with E-state index in [2.05, 4.69) is 10.3 Å². The van der Waals surface area contributed by atoms with Gasteiger partial charge >= 0.3 is 5.97 Å². The number of benzene rings is 3. The van der Waals surface area contributed by atoms with Crippen LogP contribution >= 0.6 is 0 Å². The Morgan fingerprint density at radius 1 is 0.909 bits per heavy atom. The molecule has 1 aromatic heterocycles. The van der Waals surface area contributed by atoms with E-state index in [1.807, 2.05) is 66.7 Å². The maximum Gasteiger partial charge on any atom is 0.329 e. The van der Waals surface area contributed by atoms with Crippen molar-refractivity contribution in [2.24, 2.45) is 0 Å². The second-order valence-electron chi connectivity index (χ2n) is 8.50. The second kappa shape index (κ2) is 8.54. The average molecular weight is 440 g/mol. The number of hydrogen-bond donors (Lipinski definition) is 2. The first-order chi connectivity index (χ1) is 16.1. The van der Waals surface area contributed by atoms with E-state index in [0.717, 1.165) is 40.2 Å². The number of hydrogen-bond acceptors (Lipinski definition) is 4. The van der Waals surface area contributed by atoms with Gasteiger partial charge in [-0.2, -0.15) is 0 Å². The molecule has 1 aliphatic carbocycles. The van der Waals surface area contributed by atoms with Gasteiger partial charge in [0.05, 0.1) is 16.8 Å². The SMILES string of the molecule is O=C(NC1(C(=O)O)CCCC1)c1ccc2ccccc2c1OCc1ccc2ccccc2n1. The summed E-state index contributed by atoms with van der Waals surface area (Å²) in [4.78, 5) is 29.9. The number of carboxylic acids is 1. The Balaban J connectivity index is 1.49. The number of nitrogens with one attached hydrogen (secondary N) is 1. The molecule has 0 bridgehead atoms. The van der Waals surface area contributed by atoms with E-state index in [1.165, 1.54) is 0 Å². The molecule has 1 fully saturated rings. The van der Waals surface area contributed by atoms with Crippen molar-refractivity contribution in [3.8, 4) is 5.75 Å². The van der Waals surface area contributed by atoms with Crippen LogP contribution in [0.2, 0.25) is 0 Å². The summed E-state index contributed by atoms with van der Waals surface area (Å²) >= 11 is 0. The monoisotopic (exact) mass is 440 g/mol. The predicted molar refractivity (Wildman–Crippen MR) is 126 cm³/mol. The quantitative estimate of drug-likeness (QED) is 0.436. The van der Waals surface area contributed by atoms with Gasteiger partial charge in [0.15, 0.2) is 0 Å². The highest BCUT2D eigenvalue weighted by Crippen LogP contribution is 2.34. The Morgan fingerprint density at radius 3 is 2.39 bits per heavy atom. The summed E-state index contributed by atoms with van der Waals surface area (Å²) in [5, 5.41) is 15.4. The predicted octanol–water partition coefficient (Wildman–Crippen LogP) is 5.09. The number of fused-ring (bicyclic) bond motifs is 2. The van der Waals surface area contributed by atoms with Crippen molar-refractivity contribution < 1.29 is 19.4 Å². The number of nitrogens with zero attached hydrogens (tertiary/aromatic N) is 1. The van der Waals surface area contributed by atoms with Crippen molar-refractivity contribution >= 4 is 33.6 Å². The first-order valence-electron chi connectivity index (χ1n) is 11.1. The number of ether oxygens (including phenoxy) is 1. The van der Waals surface area contributed by atoms with Crippen LogP contribution in [0.4, 0.5) is 0 Å². The van der Waals surface area contributed by atoms with Crippen molar-refractivity contribution in [1.29, 1.82) is 0 Å². The molecule has 1 saturated carbocycles. The van der Waals surface area contributed by atoms with Crippen LogP contribution in [0, 0.1) is 0 Å². The molecule has 1 heterocycles. The number of amides is 1. The molecule has 6 heteroatoms. The molecule has 2 N–H and O–H groups in total. The second-order valence-corrected chi connectivity index (χ2v) is 8.50. The lowest BCUT2D eigenvalue weighted by molar-refractivity contribution is -0.144. The maximum absolute atomic E-state index is 13.3. The Labute approximate surface area is 191 Å². The molecule has 1 aliphatic rings. The smallest absolute Gasteiger partial charge is 0.329 e. The van der Waals surface area contributed by atoms with Gasteiger partial charge in [-0.05, 0) is 36.4 Å². The fourth-order valence-electron chi connectivity index (χ4n) is 4.57. The summed E-state index contributed by atoms with van der Waals surface area (Å²) in [7, 11) is 0. The Kier molecular flexibility index (Phi) is 5.42. The van der Waals surface area contributed by atoms with Crippen LogP contribution in [-0.2, 0) is 11.4 Å². The fraction of sp³-hybridized carbons (Fsp3) is 0.222. The third-order valence-electron chi connectivity index (χ3n) is 6.36. The Hall–Kier alpha value is -3.93. The fourth-order valence-corrected chi connectivity index (χ4v) is 4.57. The van der Waals surface area contributed by atoms with E-state index in [4.69, 9.17) is 4.74 Å². The minimum Gasteiger partial charge on any atom is -0.486 e. The molecule has 0 saturated heterocycles. The molecule has 166 valence electrons. The van der Waals surface area contributed by atoms with E-state index >= 15 is 0 Å². The lowest BCUT2D eigenvalue weighted by Gasteiger charge is -2.26. The van der Waals surface area contributed by atoms with Gasteiger partial charge in [-0.15, -0.1) is 0 Å². The molecule has 0 radical (unpaired) electrons. The van der Waals surface area contributed by atoms with Gasteiger partial charge in [0.1, 0.15) is 17.9 Å². The van der Waals surface area contributed by atoms with Gasteiger partial charge in [-0.1, -0.05) is 67.4 Å². The summed E-state index contributed by atoms with van der Waals surface area (Å²) in [6.07, 6.45) is 2.42. The van der Waals surface area contributed by atoms with Crippen molar-refractivity contribution in [3.63, 3.8) is 0 Å². The van der Waals surface area contributed by atoms with Gasteiger partial charge in [0.25, 0.3) is 5.91 Å². The van der Waals surface area contributed by atoms with Gasteiger partial charge in [-0.3, -0.25) is 4.79 Å². The van der Waals surface area contributed by atoms with Gasteiger partial charge in [-0.25, -0.2) is 9.78 Å². The van der Waals surface area contributed by atoms with Crippen LogP contribution in [0.1, 0.15) is 41.7 Å². The summed E-state index contributed by atoms with van der Waals surface area (Å²) in [5.74, 6) is -0.998. The minimum atomic E-state index is -1.22. The van der Waals surface area contributed by atoms with Crippen LogP contribution in [0.3, 0.4) is 0 Å². The molecule has 33 heavy (non-hydrogen) atoms. The van der Waals surface area contributed by atoms with Crippen molar-refractivity contribution in [2.45, 2.75) is 37.8 Å². The van der Waals surface area contributed by atoms with Crippen LogP contribution in [0.5, 0.6) is 5.75 Å². The summed E-state index contributed by atoms with van der Waals surface area (Å²) < 4.78 is 6.19. The lowest BCUT2D eigenvalue weighted by Crippen LogP contribution is -2.52. The van der Waals surface area contributed by atoms with Crippen LogP contribution in [0.25, 0.3) is 21.7 Å². The number of aromatic nitrogens is 1. The first-order valence-corrected chi connectivity index (χ1v) is 11.1. The first kappa shape index (κ1) is 20.9. The van der Waals surface area contributed by atoms with Gasteiger partial charge in [0, 0.05) is 10.8 Å². The zero-order valence-electron chi connectivity index (χ0n) is 18.1. The molecule has 0 spiro atoms. The van der Waals surface area contributed by atoms with E-state index in [-0.39, 0.29) is 6.61 Å². The van der Waals surface area contributed by atoms with Crippen molar-refractivity contribution in [3.05, 3.63) is 84.1 Å². The number of aliphatic carboxylic acids is 1. The molecule has 0 atom stereocenters. The molecule has 0 unspecified atom stereocenters. The van der Waals surface area contributed by atoms with E-state index in [1.54, 1.807) is 6.07 Å². The topological polar surface area (TPSA) is 88.5 Å². The Bertz CT molecular complexity index is 1360. The largest absolute Gasteiger partial charge is 0.486 e. The molecular formula is C27H24N2O4. The molecular weight excluding hydrogens is 416 g/mol. The molecule has 5 rings (SSSR count). The van der Waals surface area contributed by atoms with Crippen molar-refractivity contribution in [2.75, 3.05) is 0 Å². The molecule has 0 aliphatic heterocycles. The number of rotatable bonds is 6. The zero-order valence-corrected chi connectivity index (χ0v) is 18.1. The third kappa shape index (κ3) is 4.00. The van der Waals surface area contributed by atoms with Gasteiger partial charge < -0.3 is 15.2 Å². The van der Waals surface area contributed by atoms with Crippen molar-refractivity contribution in [1.82, 2.24) is 10.3 Å². The number of carboxylic acid groups (broad SMARTS) is 1. The van der Waals surface area contributed by atoms with Crippen LogP contribution in [0.15, 0.2) is 72.8 Å². The number of para-hydroxylation sites is 1. The van der Waals surface area contributed by atoms with E-state index in [0.29, 0.717) is 24.2 Å². The van der Waals surface area contributed by atoms with Crippen LogP contribution in [-0.4, -0.2) is 27.5 Å². The highest BCUT2D eigenvalue weighted by molar-refractivity contribution is 6.05. The average Bonchev–Trinajstić information content (AvgIpc) is 3.32. The highest BCUT2D eigenvalue weighted by Gasteiger charge is 2.43. The maximum atomic E-state index is 13.3. The van der Waals surface area contributed by atoms with E-state index < -0.39 is 17.4 Å². The standard InChI is InChI=1S/C27H24N2O4/c30-25(29-27(26(31)32)15-5-6-16-27)22-14-12-18-7-1-3-9-21(18)24(22)33-17-20-13-11-19-8-2-4-10-23(19)28-20/h1-4,7-14H,5-6,15-17H2,(H,29,30)(H,31,32). The molecule has 6 nitrogen and oxygen atoms in total. The summed E-state index contributed by atoms with van der Waals surface area (Å²) in [6.45, 7) is 0.184. The van der Waals surface area contributed by atoms with Crippen LogP contribution < -0.4 is 10.1 Å². The number of carbonyl (C=O) groups excluding carboxylic acids is 1. The minimum absolute atomic E-state index is 0.184. The van der Waals surface area contributed by atoms with Gasteiger partial charge in [0.2, 0.25) is 0 Å². The third-order valence-corrected chi connectivity index (χ3v) is 6.36. The zero-order chi connectivity index (χ0) is 22.8. The summed E-state index contributed by atoms with van der Waals surface area (Å²) in [6, 6.07) is 23.0. The lowest BCUT2D eigenvalue weighted by atomic mass is 9.96. The molecule has 3 aromatic carbocycles. The molecule has 1 amide bonds. The molecule has 4 aromatic rings. The highest BCUT2D eigenvalue weighted by atomic mass is 16.5.